The second kappa shape index (κ2) is 5.97. The number of aryl methyl sites for hydroxylation is 1. The standard InChI is InChI=1S/C14H19ClN4/c1-4-19-8-7-16-14(19)10-17-11-5-6-13(18(2)3)12(15)9-11/h5-9,17H,4,10H2,1-3H3. The third-order valence-corrected chi connectivity index (χ3v) is 3.33. The van der Waals surface area contributed by atoms with Crippen molar-refractivity contribution in [3.05, 3.63) is 41.4 Å². The summed E-state index contributed by atoms with van der Waals surface area (Å²) in [4.78, 5) is 6.33. The second-order valence-electron chi connectivity index (χ2n) is 4.54. The molecule has 0 saturated carbocycles. The number of anilines is 2. The van der Waals surface area contributed by atoms with E-state index in [4.69, 9.17) is 11.6 Å². The normalized spacial score (nSPS) is 10.5. The van der Waals surface area contributed by atoms with Gasteiger partial charge in [-0.1, -0.05) is 11.6 Å². The first-order valence-electron chi connectivity index (χ1n) is 6.32. The Hall–Kier alpha value is -1.68. The highest BCUT2D eigenvalue weighted by molar-refractivity contribution is 6.33. The molecule has 0 spiro atoms. The zero-order valence-electron chi connectivity index (χ0n) is 11.5. The predicted molar refractivity (Wildman–Crippen MR) is 81.0 cm³/mol. The highest BCUT2D eigenvalue weighted by atomic mass is 35.5. The summed E-state index contributed by atoms with van der Waals surface area (Å²) in [6.07, 6.45) is 3.81. The summed E-state index contributed by atoms with van der Waals surface area (Å²) in [5, 5.41) is 4.09. The fourth-order valence-electron chi connectivity index (χ4n) is 1.96. The van der Waals surface area contributed by atoms with Crippen molar-refractivity contribution < 1.29 is 0 Å². The minimum absolute atomic E-state index is 0.693. The van der Waals surface area contributed by atoms with Crippen LogP contribution in [0.25, 0.3) is 0 Å². The summed E-state index contributed by atoms with van der Waals surface area (Å²) in [6.45, 7) is 3.73. The Bertz CT molecular complexity index is 548. The molecule has 1 heterocycles. The minimum atomic E-state index is 0.693. The molecule has 0 unspecified atom stereocenters. The average Bonchev–Trinajstić information content (AvgIpc) is 2.83. The van der Waals surface area contributed by atoms with Crippen LogP contribution in [0.3, 0.4) is 0 Å². The molecule has 1 N–H and O–H groups in total. The monoisotopic (exact) mass is 278 g/mol. The zero-order chi connectivity index (χ0) is 13.8. The number of hydrogen-bond acceptors (Lipinski definition) is 3. The summed E-state index contributed by atoms with van der Waals surface area (Å²) < 4.78 is 2.11. The van der Waals surface area contributed by atoms with E-state index < -0.39 is 0 Å². The van der Waals surface area contributed by atoms with E-state index in [2.05, 4.69) is 21.8 Å². The van der Waals surface area contributed by atoms with Crippen molar-refractivity contribution in [2.75, 3.05) is 24.3 Å². The lowest BCUT2D eigenvalue weighted by atomic mass is 10.2. The molecule has 102 valence electrons. The molecule has 0 amide bonds. The van der Waals surface area contributed by atoms with Crippen LogP contribution in [0.5, 0.6) is 0 Å². The van der Waals surface area contributed by atoms with Crippen LogP contribution < -0.4 is 10.2 Å². The molecule has 0 aliphatic carbocycles. The number of imidazole rings is 1. The van der Waals surface area contributed by atoms with E-state index in [0.717, 1.165) is 28.8 Å². The van der Waals surface area contributed by atoms with E-state index in [1.807, 2.05) is 49.6 Å². The number of aromatic nitrogens is 2. The topological polar surface area (TPSA) is 33.1 Å². The quantitative estimate of drug-likeness (QED) is 0.911. The van der Waals surface area contributed by atoms with Gasteiger partial charge < -0.3 is 14.8 Å². The number of benzene rings is 1. The van der Waals surface area contributed by atoms with Crippen molar-refractivity contribution in [2.45, 2.75) is 20.0 Å². The van der Waals surface area contributed by atoms with Crippen LogP contribution in [0.1, 0.15) is 12.7 Å². The molecule has 19 heavy (non-hydrogen) atoms. The summed E-state index contributed by atoms with van der Waals surface area (Å²) >= 11 is 6.24. The van der Waals surface area contributed by atoms with Crippen LogP contribution in [0.4, 0.5) is 11.4 Å². The van der Waals surface area contributed by atoms with Gasteiger partial charge in [0.2, 0.25) is 0 Å². The van der Waals surface area contributed by atoms with Gasteiger partial charge in [-0.05, 0) is 25.1 Å². The van der Waals surface area contributed by atoms with E-state index in [1.165, 1.54) is 0 Å². The Labute approximate surface area is 119 Å². The second-order valence-corrected chi connectivity index (χ2v) is 4.95. The summed E-state index contributed by atoms with van der Waals surface area (Å²) in [6, 6.07) is 5.98. The number of halogens is 1. The van der Waals surface area contributed by atoms with Crippen molar-refractivity contribution in [1.82, 2.24) is 9.55 Å². The first-order valence-corrected chi connectivity index (χ1v) is 6.70. The van der Waals surface area contributed by atoms with E-state index in [1.54, 1.807) is 0 Å². The average molecular weight is 279 g/mol. The van der Waals surface area contributed by atoms with E-state index in [9.17, 15) is 0 Å². The fraction of sp³-hybridized carbons (Fsp3) is 0.357. The molecule has 0 atom stereocenters. The van der Waals surface area contributed by atoms with Gasteiger partial charge in [0.25, 0.3) is 0 Å². The molecular weight excluding hydrogens is 260 g/mol. The molecular formula is C14H19ClN4. The molecule has 0 fully saturated rings. The van der Waals surface area contributed by atoms with E-state index in [-0.39, 0.29) is 0 Å². The van der Waals surface area contributed by atoms with Gasteiger partial charge in [-0.3, -0.25) is 0 Å². The van der Waals surface area contributed by atoms with Gasteiger partial charge in [0, 0.05) is 38.7 Å². The SMILES string of the molecule is CCn1ccnc1CNc1ccc(N(C)C)c(Cl)c1. The maximum atomic E-state index is 6.24. The first kappa shape index (κ1) is 13.7. The third-order valence-electron chi connectivity index (χ3n) is 3.02. The van der Waals surface area contributed by atoms with Gasteiger partial charge in [0.15, 0.2) is 0 Å². The molecule has 1 aromatic heterocycles. The summed E-state index contributed by atoms with van der Waals surface area (Å²) in [5.41, 5.74) is 2.02. The number of rotatable bonds is 5. The van der Waals surface area contributed by atoms with E-state index >= 15 is 0 Å². The van der Waals surface area contributed by atoms with Crippen molar-refractivity contribution in [3.8, 4) is 0 Å². The van der Waals surface area contributed by atoms with Gasteiger partial charge in [0.05, 0.1) is 17.3 Å². The number of nitrogens with one attached hydrogen (secondary N) is 1. The van der Waals surface area contributed by atoms with Crippen molar-refractivity contribution >= 4 is 23.0 Å². The number of hydrogen-bond donors (Lipinski definition) is 1. The highest BCUT2D eigenvalue weighted by Crippen LogP contribution is 2.27. The molecule has 0 aliphatic rings. The Morgan fingerprint density at radius 3 is 2.79 bits per heavy atom. The fourth-order valence-corrected chi connectivity index (χ4v) is 2.31. The smallest absolute Gasteiger partial charge is 0.128 e. The highest BCUT2D eigenvalue weighted by Gasteiger charge is 2.05. The van der Waals surface area contributed by atoms with Crippen molar-refractivity contribution in [3.63, 3.8) is 0 Å². The molecule has 2 rings (SSSR count). The Kier molecular flexibility index (Phi) is 4.32. The van der Waals surface area contributed by atoms with Crippen molar-refractivity contribution in [1.29, 1.82) is 0 Å². The summed E-state index contributed by atoms with van der Waals surface area (Å²) in [5.74, 6) is 1.02. The largest absolute Gasteiger partial charge is 0.378 e. The van der Waals surface area contributed by atoms with E-state index in [0.29, 0.717) is 6.54 Å². The van der Waals surface area contributed by atoms with Crippen LogP contribution in [0.15, 0.2) is 30.6 Å². The third kappa shape index (κ3) is 3.20. The Balaban J connectivity index is 2.06. The van der Waals surface area contributed by atoms with Gasteiger partial charge in [-0.15, -0.1) is 0 Å². The molecule has 1 aromatic carbocycles. The molecule has 0 saturated heterocycles. The van der Waals surface area contributed by atoms with Crippen LogP contribution in [-0.4, -0.2) is 23.6 Å². The summed E-state index contributed by atoms with van der Waals surface area (Å²) in [7, 11) is 3.96. The Morgan fingerprint density at radius 1 is 1.37 bits per heavy atom. The molecule has 0 bridgehead atoms. The van der Waals surface area contributed by atoms with Gasteiger partial charge in [-0.25, -0.2) is 4.98 Å². The van der Waals surface area contributed by atoms with Crippen LogP contribution in [-0.2, 0) is 13.1 Å². The van der Waals surface area contributed by atoms with Crippen LogP contribution >= 0.6 is 11.6 Å². The van der Waals surface area contributed by atoms with Crippen molar-refractivity contribution in [2.24, 2.45) is 0 Å². The minimum Gasteiger partial charge on any atom is -0.378 e. The predicted octanol–water partition coefficient (Wildman–Crippen LogP) is 3.23. The Morgan fingerprint density at radius 2 is 2.16 bits per heavy atom. The van der Waals surface area contributed by atoms with Gasteiger partial charge >= 0.3 is 0 Å². The maximum absolute atomic E-state index is 6.24. The molecule has 0 radical (unpaired) electrons. The lowest BCUT2D eigenvalue weighted by Crippen LogP contribution is -2.10. The number of nitrogens with zero attached hydrogens (tertiary/aromatic N) is 3. The molecule has 0 aliphatic heterocycles. The lowest BCUT2D eigenvalue weighted by Gasteiger charge is -2.15. The maximum Gasteiger partial charge on any atom is 0.128 e. The molecule has 5 heteroatoms. The van der Waals surface area contributed by atoms with Gasteiger partial charge in [-0.2, -0.15) is 0 Å². The molecule has 4 nitrogen and oxygen atoms in total. The lowest BCUT2D eigenvalue weighted by molar-refractivity contribution is 0.708. The van der Waals surface area contributed by atoms with Crippen LogP contribution in [0.2, 0.25) is 5.02 Å². The first-order chi connectivity index (χ1) is 9.11. The van der Waals surface area contributed by atoms with Crippen LogP contribution in [0, 0.1) is 0 Å². The zero-order valence-corrected chi connectivity index (χ0v) is 12.3. The molecule has 2 aromatic rings. The van der Waals surface area contributed by atoms with Gasteiger partial charge in [0.1, 0.15) is 5.82 Å².